The Kier molecular flexibility index (Phi) is 7.78. The molecule has 0 amide bonds. The second-order valence-electron chi connectivity index (χ2n) is 8.18. The Hall–Kier alpha value is -2.58. The molecule has 0 bridgehead atoms. The summed E-state index contributed by atoms with van der Waals surface area (Å²) in [7, 11) is 1.55. The lowest BCUT2D eigenvalue weighted by molar-refractivity contribution is -0.144. The molecule has 0 aliphatic carbocycles. The van der Waals surface area contributed by atoms with Crippen LogP contribution in [0.1, 0.15) is 28.7 Å². The molecule has 1 aromatic heterocycles. The van der Waals surface area contributed by atoms with Gasteiger partial charge in [-0.1, -0.05) is 29.3 Å². The zero-order valence-electron chi connectivity index (χ0n) is 19.0. The van der Waals surface area contributed by atoms with E-state index in [2.05, 4.69) is 4.90 Å². The summed E-state index contributed by atoms with van der Waals surface area (Å²) in [5.74, 6) is 0.335. The Morgan fingerprint density at radius 2 is 1.97 bits per heavy atom. The third-order valence-corrected chi connectivity index (χ3v) is 6.28. The largest absolute Gasteiger partial charge is 0.477 e. The van der Waals surface area contributed by atoms with Crippen molar-refractivity contribution in [3.05, 3.63) is 73.1 Å². The van der Waals surface area contributed by atoms with Crippen LogP contribution in [-0.4, -0.2) is 37.9 Å². The van der Waals surface area contributed by atoms with Gasteiger partial charge in [0.05, 0.1) is 12.2 Å². The maximum absolute atomic E-state index is 12.1. The number of fused-ring (bicyclic) bond motifs is 3. The molecular weight excluding hydrogens is 481 g/mol. The van der Waals surface area contributed by atoms with Gasteiger partial charge in [0.2, 0.25) is 0 Å². The van der Waals surface area contributed by atoms with Gasteiger partial charge in [0.1, 0.15) is 24.7 Å². The van der Waals surface area contributed by atoms with Crippen molar-refractivity contribution in [1.29, 1.82) is 0 Å². The lowest BCUT2D eigenvalue weighted by Gasteiger charge is -2.31. The maximum atomic E-state index is 12.1. The maximum Gasteiger partial charge on any atom is 0.336 e. The van der Waals surface area contributed by atoms with Crippen LogP contribution in [0.15, 0.2) is 39.5 Å². The number of carbonyl (C=O) groups excluding carboxylic acids is 1. The van der Waals surface area contributed by atoms with E-state index < -0.39 is 5.63 Å². The Bertz CT molecular complexity index is 1270. The minimum absolute atomic E-state index is 0.199. The normalized spacial score (nSPS) is 13.5. The van der Waals surface area contributed by atoms with E-state index in [0.717, 1.165) is 27.6 Å². The Balaban J connectivity index is 1.64. The predicted molar refractivity (Wildman–Crippen MR) is 130 cm³/mol. The predicted octanol–water partition coefficient (Wildman–Crippen LogP) is 4.88. The first-order valence-electron chi connectivity index (χ1n) is 10.9. The van der Waals surface area contributed by atoms with Gasteiger partial charge in [-0.2, -0.15) is 0 Å². The van der Waals surface area contributed by atoms with E-state index in [0.29, 0.717) is 54.2 Å². The van der Waals surface area contributed by atoms with Crippen molar-refractivity contribution in [2.45, 2.75) is 32.9 Å². The molecular formula is C25H25Cl2NO6. The van der Waals surface area contributed by atoms with Gasteiger partial charge in [-0.15, -0.1) is 0 Å². The lowest BCUT2D eigenvalue weighted by atomic mass is 9.97. The molecule has 1 aliphatic heterocycles. The molecule has 2 aromatic carbocycles. The van der Waals surface area contributed by atoms with Crippen LogP contribution in [0.2, 0.25) is 10.0 Å². The summed E-state index contributed by atoms with van der Waals surface area (Å²) in [6.45, 7) is 3.77. The monoisotopic (exact) mass is 505 g/mol. The number of hydrogen-bond acceptors (Lipinski definition) is 7. The first-order chi connectivity index (χ1) is 16.4. The van der Waals surface area contributed by atoms with Gasteiger partial charge in [-0.3, -0.25) is 9.69 Å². The first kappa shape index (κ1) is 24.5. The van der Waals surface area contributed by atoms with Crippen LogP contribution in [0, 0.1) is 6.92 Å². The highest BCUT2D eigenvalue weighted by atomic mass is 35.5. The van der Waals surface area contributed by atoms with Gasteiger partial charge in [-0.05, 0) is 48.2 Å². The lowest BCUT2D eigenvalue weighted by Crippen LogP contribution is -2.32. The number of aryl methyl sites for hydroxylation is 2. The third kappa shape index (κ3) is 5.55. The highest BCUT2D eigenvalue weighted by Gasteiger charge is 2.26. The van der Waals surface area contributed by atoms with Crippen LogP contribution in [-0.2, 0) is 33.8 Å². The van der Waals surface area contributed by atoms with E-state index in [1.807, 2.05) is 19.1 Å². The zero-order chi connectivity index (χ0) is 24.2. The zero-order valence-corrected chi connectivity index (χ0v) is 20.5. The molecule has 1 aliphatic rings. The van der Waals surface area contributed by atoms with Crippen molar-refractivity contribution >= 4 is 40.1 Å². The highest BCUT2D eigenvalue weighted by Crippen LogP contribution is 2.38. The minimum Gasteiger partial charge on any atom is -0.477 e. The van der Waals surface area contributed by atoms with Crippen molar-refractivity contribution in [3.8, 4) is 5.75 Å². The number of halogens is 2. The summed E-state index contributed by atoms with van der Waals surface area (Å²) in [6.07, 6.45) is 0.636. The summed E-state index contributed by atoms with van der Waals surface area (Å²) < 4.78 is 21.9. The molecule has 180 valence electrons. The molecule has 0 atom stereocenters. The number of methoxy groups -OCH3 is 1. The second-order valence-corrected chi connectivity index (χ2v) is 9.02. The number of hydrogen-bond donors (Lipinski definition) is 0. The Morgan fingerprint density at radius 3 is 2.74 bits per heavy atom. The number of carbonyl (C=O) groups is 1. The molecule has 4 rings (SSSR count). The average Bonchev–Trinajstić information content (AvgIpc) is 2.80. The van der Waals surface area contributed by atoms with Crippen molar-refractivity contribution in [2.24, 2.45) is 0 Å². The number of ether oxygens (including phenoxy) is 3. The van der Waals surface area contributed by atoms with E-state index in [9.17, 15) is 9.59 Å². The smallest absolute Gasteiger partial charge is 0.336 e. The summed E-state index contributed by atoms with van der Waals surface area (Å²) in [5, 5.41) is 1.96. The molecule has 34 heavy (non-hydrogen) atoms. The Labute approximate surface area is 207 Å². The molecule has 3 aromatic rings. The van der Waals surface area contributed by atoms with E-state index in [1.54, 1.807) is 19.2 Å². The SMILES string of the molecule is COCCOC(=O)CCc1cc2c(C)cc(=O)oc2c2c1OCN(Cc1ccc(Cl)cc1Cl)C2. The molecule has 7 nitrogen and oxygen atoms in total. The van der Waals surface area contributed by atoms with Crippen LogP contribution in [0.4, 0.5) is 0 Å². The number of benzene rings is 2. The number of rotatable bonds is 8. The number of nitrogens with zero attached hydrogens (tertiary/aromatic N) is 1. The van der Waals surface area contributed by atoms with E-state index >= 15 is 0 Å². The second kappa shape index (κ2) is 10.8. The van der Waals surface area contributed by atoms with Crippen molar-refractivity contribution in [3.63, 3.8) is 0 Å². The van der Waals surface area contributed by atoms with Crippen LogP contribution >= 0.6 is 23.2 Å². The average molecular weight is 506 g/mol. The van der Waals surface area contributed by atoms with Gasteiger partial charge in [0, 0.05) is 48.1 Å². The minimum atomic E-state index is -0.417. The molecule has 0 fully saturated rings. The van der Waals surface area contributed by atoms with E-state index in [4.69, 9.17) is 41.8 Å². The molecule has 0 N–H and O–H groups in total. The summed E-state index contributed by atoms with van der Waals surface area (Å²) in [4.78, 5) is 26.3. The fourth-order valence-electron chi connectivity index (χ4n) is 4.03. The molecule has 2 heterocycles. The fraction of sp³-hybridized carbons (Fsp3) is 0.360. The molecule has 0 saturated carbocycles. The van der Waals surface area contributed by atoms with Crippen LogP contribution in [0.3, 0.4) is 0 Å². The van der Waals surface area contributed by atoms with Gasteiger partial charge in [-0.25, -0.2) is 4.79 Å². The standard InChI is InChI=1S/C25H25Cl2NO6/c1-15-9-23(30)34-25-19(15)10-16(4-6-22(29)32-8-7-31-2)24-20(25)13-28(14-33-24)12-17-3-5-18(26)11-21(17)27/h3,5,9-11H,4,6-8,12-14H2,1-2H3. The summed E-state index contributed by atoms with van der Waals surface area (Å²) in [5.41, 5.74) is 3.44. The molecule has 0 unspecified atom stereocenters. The molecule has 0 spiro atoms. The topological polar surface area (TPSA) is 78.2 Å². The van der Waals surface area contributed by atoms with Gasteiger partial charge >= 0.3 is 11.6 Å². The van der Waals surface area contributed by atoms with Gasteiger partial charge in [0.15, 0.2) is 0 Å². The van der Waals surface area contributed by atoms with Crippen molar-refractivity contribution < 1.29 is 23.4 Å². The van der Waals surface area contributed by atoms with Crippen molar-refractivity contribution in [1.82, 2.24) is 4.90 Å². The molecule has 9 heteroatoms. The summed E-state index contributed by atoms with van der Waals surface area (Å²) in [6, 6.07) is 8.78. The molecule has 0 saturated heterocycles. The van der Waals surface area contributed by atoms with Crippen LogP contribution < -0.4 is 10.4 Å². The first-order valence-corrected chi connectivity index (χ1v) is 11.6. The van der Waals surface area contributed by atoms with Gasteiger partial charge < -0.3 is 18.6 Å². The van der Waals surface area contributed by atoms with E-state index in [1.165, 1.54) is 6.07 Å². The third-order valence-electron chi connectivity index (χ3n) is 5.70. The summed E-state index contributed by atoms with van der Waals surface area (Å²) >= 11 is 12.4. The van der Waals surface area contributed by atoms with Gasteiger partial charge in [0.25, 0.3) is 0 Å². The van der Waals surface area contributed by atoms with Crippen LogP contribution in [0.25, 0.3) is 11.0 Å². The highest BCUT2D eigenvalue weighted by molar-refractivity contribution is 6.35. The fourth-order valence-corrected chi connectivity index (χ4v) is 4.50. The Morgan fingerprint density at radius 1 is 1.15 bits per heavy atom. The number of esters is 1. The van der Waals surface area contributed by atoms with Crippen LogP contribution in [0.5, 0.6) is 5.75 Å². The van der Waals surface area contributed by atoms with Crippen molar-refractivity contribution in [2.75, 3.05) is 27.1 Å². The van der Waals surface area contributed by atoms with E-state index in [-0.39, 0.29) is 19.0 Å². The molecule has 0 radical (unpaired) electrons. The quantitative estimate of drug-likeness (QED) is 0.245.